The summed E-state index contributed by atoms with van der Waals surface area (Å²) in [5, 5.41) is 14.9. The molecule has 3 N–H and O–H groups in total. The highest BCUT2D eigenvalue weighted by Crippen LogP contribution is 2.37. The maximum Gasteiger partial charge on any atom is 0.319 e. The Balaban J connectivity index is 1.98. The lowest BCUT2D eigenvalue weighted by atomic mass is 9.86. The first-order valence-electron chi connectivity index (χ1n) is 7.29. The van der Waals surface area contributed by atoms with E-state index < -0.39 is 11.4 Å². The Bertz CT molecular complexity index is 528. The van der Waals surface area contributed by atoms with E-state index in [4.69, 9.17) is 0 Å². The van der Waals surface area contributed by atoms with Crippen molar-refractivity contribution in [3.05, 3.63) is 29.3 Å². The molecule has 1 aliphatic carbocycles. The predicted molar refractivity (Wildman–Crippen MR) is 81.5 cm³/mol. The molecule has 0 saturated heterocycles. The number of hydrogen-bond donors (Lipinski definition) is 3. The molecule has 114 valence electrons. The number of hydrogen-bond acceptors (Lipinski definition) is 2. The van der Waals surface area contributed by atoms with Gasteiger partial charge < -0.3 is 15.7 Å². The molecule has 0 radical (unpaired) electrons. The number of urea groups is 1. The molecule has 0 aromatic heterocycles. The van der Waals surface area contributed by atoms with Gasteiger partial charge in [0.1, 0.15) is 0 Å². The Hall–Kier alpha value is -2.04. The lowest BCUT2D eigenvalue weighted by molar-refractivity contribution is -0.148. The fourth-order valence-electron chi connectivity index (χ4n) is 2.94. The Morgan fingerprint density at radius 1 is 1.19 bits per heavy atom. The summed E-state index contributed by atoms with van der Waals surface area (Å²) in [5.41, 5.74) is 1.96. The second-order valence-corrected chi connectivity index (χ2v) is 5.87. The Labute approximate surface area is 124 Å². The van der Waals surface area contributed by atoms with Crippen molar-refractivity contribution < 1.29 is 14.7 Å². The minimum atomic E-state index is -0.813. The van der Waals surface area contributed by atoms with Gasteiger partial charge in [-0.1, -0.05) is 31.0 Å². The zero-order valence-corrected chi connectivity index (χ0v) is 12.5. The van der Waals surface area contributed by atoms with Crippen LogP contribution in [0, 0.1) is 19.3 Å². The zero-order valence-electron chi connectivity index (χ0n) is 12.5. The fourth-order valence-corrected chi connectivity index (χ4v) is 2.94. The molecule has 2 amide bonds. The third-order valence-corrected chi connectivity index (χ3v) is 4.32. The van der Waals surface area contributed by atoms with E-state index in [1.54, 1.807) is 0 Å². The molecular formula is C16H22N2O3. The molecule has 1 aromatic carbocycles. The van der Waals surface area contributed by atoms with Crippen LogP contribution in [0.4, 0.5) is 10.5 Å². The largest absolute Gasteiger partial charge is 0.481 e. The monoisotopic (exact) mass is 290 g/mol. The SMILES string of the molecule is Cc1cccc(C)c1NC(=O)NCC1(C(=O)O)CCCC1. The van der Waals surface area contributed by atoms with Crippen molar-refractivity contribution in [1.82, 2.24) is 5.32 Å². The average molecular weight is 290 g/mol. The fraction of sp³-hybridized carbons (Fsp3) is 0.500. The number of nitrogens with one attached hydrogen (secondary N) is 2. The maximum absolute atomic E-state index is 12.0. The van der Waals surface area contributed by atoms with Crippen LogP contribution in [0.25, 0.3) is 0 Å². The molecule has 5 nitrogen and oxygen atoms in total. The van der Waals surface area contributed by atoms with E-state index in [0.29, 0.717) is 12.8 Å². The van der Waals surface area contributed by atoms with Gasteiger partial charge in [0.15, 0.2) is 0 Å². The molecule has 0 atom stereocenters. The standard InChI is InChI=1S/C16H22N2O3/c1-11-6-5-7-12(2)13(11)18-15(21)17-10-16(14(19)20)8-3-4-9-16/h5-7H,3-4,8-10H2,1-2H3,(H,19,20)(H2,17,18,21). The maximum atomic E-state index is 12.0. The van der Waals surface area contributed by atoms with E-state index in [1.807, 2.05) is 32.0 Å². The molecule has 0 unspecified atom stereocenters. The molecule has 2 rings (SSSR count). The predicted octanol–water partition coefficient (Wildman–Crippen LogP) is 3.07. The van der Waals surface area contributed by atoms with Crippen LogP contribution in [0.2, 0.25) is 0 Å². The minimum Gasteiger partial charge on any atom is -0.481 e. The van der Waals surface area contributed by atoms with Gasteiger partial charge in [-0.25, -0.2) is 4.79 Å². The number of rotatable bonds is 4. The lowest BCUT2D eigenvalue weighted by Gasteiger charge is -2.24. The van der Waals surface area contributed by atoms with Crippen molar-refractivity contribution in [2.45, 2.75) is 39.5 Å². The Morgan fingerprint density at radius 3 is 2.29 bits per heavy atom. The molecule has 0 spiro atoms. The lowest BCUT2D eigenvalue weighted by Crippen LogP contribution is -2.42. The van der Waals surface area contributed by atoms with Crippen LogP contribution in [0.15, 0.2) is 18.2 Å². The molecule has 1 aliphatic rings. The zero-order chi connectivity index (χ0) is 15.5. The molecular weight excluding hydrogens is 268 g/mol. The number of carboxylic acid groups (broad SMARTS) is 1. The van der Waals surface area contributed by atoms with Crippen LogP contribution in [0.3, 0.4) is 0 Å². The summed E-state index contributed by atoms with van der Waals surface area (Å²) in [7, 11) is 0. The van der Waals surface area contributed by atoms with Gasteiger partial charge in [0.2, 0.25) is 0 Å². The van der Waals surface area contributed by atoms with Crippen molar-refractivity contribution in [2.75, 3.05) is 11.9 Å². The molecule has 21 heavy (non-hydrogen) atoms. The second-order valence-electron chi connectivity index (χ2n) is 5.87. The molecule has 0 aliphatic heterocycles. The first-order chi connectivity index (χ1) is 9.94. The van der Waals surface area contributed by atoms with E-state index in [1.165, 1.54) is 0 Å². The van der Waals surface area contributed by atoms with Gasteiger partial charge >= 0.3 is 12.0 Å². The van der Waals surface area contributed by atoms with Crippen LogP contribution < -0.4 is 10.6 Å². The third-order valence-electron chi connectivity index (χ3n) is 4.32. The quantitative estimate of drug-likeness (QED) is 0.797. The van der Waals surface area contributed by atoms with E-state index in [0.717, 1.165) is 29.7 Å². The first-order valence-corrected chi connectivity index (χ1v) is 7.29. The van der Waals surface area contributed by atoms with Crippen molar-refractivity contribution in [3.63, 3.8) is 0 Å². The molecule has 1 aromatic rings. The summed E-state index contributed by atoms with van der Waals surface area (Å²) < 4.78 is 0. The number of para-hydroxylation sites is 1. The van der Waals surface area contributed by atoms with Gasteiger partial charge in [-0.05, 0) is 37.8 Å². The number of anilines is 1. The van der Waals surface area contributed by atoms with Crippen molar-refractivity contribution in [3.8, 4) is 0 Å². The smallest absolute Gasteiger partial charge is 0.319 e. The summed E-state index contributed by atoms with van der Waals surface area (Å²) >= 11 is 0. The highest BCUT2D eigenvalue weighted by Gasteiger charge is 2.41. The van der Waals surface area contributed by atoms with E-state index in [9.17, 15) is 14.7 Å². The highest BCUT2D eigenvalue weighted by molar-refractivity contribution is 5.91. The van der Waals surface area contributed by atoms with Gasteiger partial charge in [0.05, 0.1) is 5.41 Å². The summed E-state index contributed by atoms with van der Waals surface area (Å²) in [5.74, 6) is -0.813. The third kappa shape index (κ3) is 3.35. The van der Waals surface area contributed by atoms with E-state index >= 15 is 0 Å². The number of aliphatic carboxylic acids is 1. The van der Waals surface area contributed by atoms with Crippen LogP contribution in [0.5, 0.6) is 0 Å². The molecule has 0 bridgehead atoms. The van der Waals surface area contributed by atoms with Crippen molar-refractivity contribution in [1.29, 1.82) is 0 Å². The van der Waals surface area contributed by atoms with Gasteiger partial charge in [-0.15, -0.1) is 0 Å². The van der Waals surface area contributed by atoms with E-state index in [2.05, 4.69) is 10.6 Å². The molecule has 0 heterocycles. The summed E-state index contributed by atoms with van der Waals surface area (Å²) in [6.45, 7) is 4.04. The van der Waals surface area contributed by atoms with Crippen LogP contribution in [-0.4, -0.2) is 23.7 Å². The highest BCUT2D eigenvalue weighted by atomic mass is 16.4. The number of benzene rings is 1. The first kappa shape index (κ1) is 15.4. The number of carbonyl (C=O) groups is 2. The van der Waals surface area contributed by atoms with Crippen LogP contribution in [0.1, 0.15) is 36.8 Å². The number of carboxylic acids is 1. The van der Waals surface area contributed by atoms with Gasteiger partial charge in [0, 0.05) is 12.2 Å². The van der Waals surface area contributed by atoms with Crippen molar-refractivity contribution in [2.24, 2.45) is 5.41 Å². The number of carbonyl (C=O) groups excluding carboxylic acids is 1. The Kier molecular flexibility index (Phi) is 4.50. The Morgan fingerprint density at radius 2 is 1.76 bits per heavy atom. The number of amides is 2. The molecule has 1 saturated carbocycles. The molecule has 1 fully saturated rings. The summed E-state index contributed by atoms with van der Waals surface area (Å²) in [6.07, 6.45) is 3.08. The molecule has 5 heteroatoms. The summed E-state index contributed by atoms with van der Waals surface area (Å²) in [6, 6.07) is 5.45. The van der Waals surface area contributed by atoms with E-state index in [-0.39, 0.29) is 12.6 Å². The van der Waals surface area contributed by atoms with Crippen molar-refractivity contribution >= 4 is 17.7 Å². The average Bonchev–Trinajstić information content (AvgIpc) is 2.91. The van der Waals surface area contributed by atoms with Crippen LogP contribution in [-0.2, 0) is 4.79 Å². The van der Waals surface area contributed by atoms with Gasteiger partial charge in [-0.2, -0.15) is 0 Å². The minimum absolute atomic E-state index is 0.180. The van der Waals surface area contributed by atoms with Gasteiger partial charge in [-0.3, -0.25) is 4.79 Å². The second kappa shape index (κ2) is 6.16. The van der Waals surface area contributed by atoms with Gasteiger partial charge in [0.25, 0.3) is 0 Å². The normalized spacial score (nSPS) is 16.5. The topological polar surface area (TPSA) is 78.4 Å². The van der Waals surface area contributed by atoms with Crippen LogP contribution >= 0.6 is 0 Å². The number of aryl methyl sites for hydroxylation is 2. The summed E-state index contributed by atoms with van der Waals surface area (Å²) in [4.78, 5) is 23.5.